The molecule has 1 aromatic heterocycles. The molecule has 2 aliphatic heterocycles. The fourth-order valence-corrected chi connectivity index (χ4v) is 3.60. The number of amides is 1. The Balaban J connectivity index is 1.50. The first-order chi connectivity index (χ1) is 11.2. The zero-order valence-corrected chi connectivity index (χ0v) is 14.2. The summed E-state index contributed by atoms with van der Waals surface area (Å²) in [7, 11) is 0. The molecule has 3 heterocycles. The van der Waals surface area contributed by atoms with E-state index in [0.717, 1.165) is 70.0 Å². The van der Waals surface area contributed by atoms with Crippen LogP contribution in [0.2, 0.25) is 0 Å². The first-order valence-electron chi connectivity index (χ1n) is 8.72. The van der Waals surface area contributed by atoms with Gasteiger partial charge in [-0.3, -0.25) is 9.69 Å². The van der Waals surface area contributed by atoms with Crippen molar-refractivity contribution in [3.63, 3.8) is 0 Å². The van der Waals surface area contributed by atoms with Crippen LogP contribution in [0.1, 0.15) is 37.6 Å². The van der Waals surface area contributed by atoms with Gasteiger partial charge in [0.15, 0.2) is 5.76 Å². The molecule has 0 bridgehead atoms. The lowest BCUT2D eigenvalue weighted by Crippen LogP contribution is -2.52. The molecule has 1 amide bonds. The van der Waals surface area contributed by atoms with Crippen molar-refractivity contribution in [3.8, 4) is 0 Å². The number of nitrogens with zero attached hydrogens (tertiary/aromatic N) is 3. The molecule has 0 aromatic carbocycles. The smallest absolute Gasteiger partial charge is 0.228 e. The Morgan fingerprint density at radius 1 is 1.35 bits per heavy atom. The largest absolute Gasteiger partial charge is 0.377 e. The minimum Gasteiger partial charge on any atom is -0.377 e. The van der Waals surface area contributed by atoms with Gasteiger partial charge in [-0.2, -0.15) is 0 Å². The molecule has 2 atom stereocenters. The summed E-state index contributed by atoms with van der Waals surface area (Å²) in [5, 5.41) is 3.92. The van der Waals surface area contributed by atoms with Gasteiger partial charge in [0, 0.05) is 38.9 Å². The maximum absolute atomic E-state index is 12.8. The van der Waals surface area contributed by atoms with Gasteiger partial charge >= 0.3 is 0 Å². The van der Waals surface area contributed by atoms with E-state index in [-0.39, 0.29) is 17.9 Å². The van der Waals surface area contributed by atoms with Crippen LogP contribution >= 0.6 is 0 Å². The van der Waals surface area contributed by atoms with E-state index in [4.69, 9.17) is 9.26 Å². The van der Waals surface area contributed by atoms with Crippen molar-refractivity contribution in [1.29, 1.82) is 0 Å². The van der Waals surface area contributed by atoms with Gasteiger partial charge in [-0.15, -0.1) is 0 Å². The SMILES string of the molecule is CC[C@@H]1OCCC[C@H]1C(=O)N1CCN(Cc2cc(C)no2)CC1. The lowest BCUT2D eigenvalue weighted by molar-refractivity contribution is -0.147. The molecule has 2 saturated heterocycles. The van der Waals surface area contributed by atoms with Crippen LogP contribution in [0.15, 0.2) is 10.6 Å². The zero-order valence-electron chi connectivity index (χ0n) is 14.2. The predicted molar refractivity (Wildman–Crippen MR) is 85.9 cm³/mol. The van der Waals surface area contributed by atoms with Gasteiger partial charge in [-0.25, -0.2) is 0 Å². The van der Waals surface area contributed by atoms with Crippen LogP contribution in [0.3, 0.4) is 0 Å². The standard InChI is InChI=1S/C17H27N3O3/c1-3-16-15(5-4-10-22-16)17(21)20-8-6-19(7-9-20)12-14-11-13(2)18-23-14/h11,15-16H,3-10,12H2,1-2H3/t15-,16+/m1/s1. The van der Waals surface area contributed by atoms with Crippen molar-refractivity contribution < 1.29 is 14.1 Å². The first kappa shape index (κ1) is 16.5. The van der Waals surface area contributed by atoms with Gasteiger partial charge in [-0.05, 0) is 26.2 Å². The maximum atomic E-state index is 12.8. The minimum absolute atomic E-state index is 0.0530. The van der Waals surface area contributed by atoms with E-state index in [0.29, 0.717) is 0 Å². The maximum Gasteiger partial charge on any atom is 0.228 e. The van der Waals surface area contributed by atoms with Crippen LogP contribution in [0, 0.1) is 12.8 Å². The number of carbonyl (C=O) groups excluding carboxylic acids is 1. The van der Waals surface area contributed by atoms with Crippen LogP contribution in [0.4, 0.5) is 0 Å². The molecular formula is C17H27N3O3. The lowest BCUT2D eigenvalue weighted by atomic mass is 9.91. The molecule has 1 aromatic rings. The highest BCUT2D eigenvalue weighted by molar-refractivity contribution is 5.79. The van der Waals surface area contributed by atoms with Crippen molar-refractivity contribution in [2.45, 2.75) is 45.8 Å². The van der Waals surface area contributed by atoms with E-state index >= 15 is 0 Å². The van der Waals surface area contributed by atoms with Gasteiger partial charge in [0.2, 0.25) is 5.91 Å². The zero-order chi connectivity index (χ0) is 16.2. The van der Waals surface area contributed by atoms with E-state index in [9.17, 15) is 4.79 Å². The molecule has 0 unspecified atom stereocenters. The third kappa shape index (κ3) is 3.93. The number of rotatable bonds is 4. The Bertz CT molecular complexity index is 523. The molecule has 128 valence electrons. The Morgan fingerprint density at radius 3 is 2.78 bits per heavy atom. The van der Waals surface area contributed by atoms with Crippen molar-refractivity contribution in [3.05, 3.63) is 17.5 Å². The molecule has 0 saturated carbocycles. The van der Waals surface area contributed by atoms with Crippen molar-refractivity contribution in [1.82, 2.24) is 15.0 Å². The second-order valence-electron chi connectivity index (χ2n) is 6.60. The summed E-state index contributed by atoms with van der Waals surface area (Å²) in [6.45, 7) is 8.96. The Hall–Kier alpha value is -1.40. The normalized spacial score (nSPS) is 26.4. The fraction of sp³-hybridized carbons (Fsp3) is 0.765. The molecule has 0 aliphatic carbocycles. The molecule has 6 nitrogen and oxygen atoms in total. The summed E-state index contributed by atoms with van der Waals surface area (Å²) < 4.78 is 11.1. The van der Waals surface area contributed by atoms with Crippen LogP contribution in [0.5, 0.6) is 0 Å². The van der Waals surface area contributed by atoms with E-state index in [1.807, 2.05) is 17.9 Å². The van der Waals surface area contributed by atoms with Crippen LogP contribution in [-0.4, -0.2) is 59.8 Å². The number of aromatic nitrogens is 1. The average molecular weight is 321 g/mol. The number of hydrogen-bond acceptors (Lipinski definition) is 5. The highest BCUT2D eigenvalue weighted by Gasteiger charge is 2.34. The number of aryl methyl sites for hydroxylation is 1. The Labute approximate surface area is 137 Å². The average Bonchev–Trinajstić information content (AvgIpc) is 3.00. The monoisotopic (exact) mass is 321 g/mol. The fourth-order valence-electron chi connectivity index (χ4n) is 3.60. The van der Waals surface area contributed by atoms with Crippen LogP contribution < -0.4 is 0 Å². The number of ether oxygens (including phenoxy) is 1. The second kappa shape index (κ2) is 7.45. The van der Waals surface area contributed by atoms with Crippen LogP contribution in [0.25, 0.3) is 0 Å². The van der Waals surface area contributed by atoms with E-state index < -0.39 is 0 Å². The topological polar surface area (TPSA) is 58.8 Å². The molecule has 0 radical (unpaired) electrons. The summed E-state index contributed by atoms with van der Waals surface area (Å²) in [6.07, 6.45) is 2.99. The molecule has 0 N–H and O–H groups in total. The highest BCUT2D eigenvalue weighted by atomic mass is 16.5. The van der Waals surface area contributed by atoms with Gasteiger partial charge in [0.25, 0.3) is 0 Å². The minimum atomic E-state index is 0.0530. The quantitative estimate of drug-likeness (QED) is 0.847. The molecule has 2 aliphatic rings. The molecule has 0 spiro atoms. The molecule has 23 heavy (non-hydrogen) atoms. The number of hydrogen-bond donors (Lipinski definition) is 0. The predicted octanol–water partition coefficient (Wildman–Crippen LogP) is 1.83. The summed E-state index contributed by atoms with van der Waals surface area (Å²) in [6, 6.07) is 1.97. The van der Waals surface area contributed by atoms with E-state index in [2.05, 4.69) is 17.0 Å². The summed E-state index contributed by atoms with van der Waals surface area (Å²) in [5.74, 6) is 1.23. The van der Waals surface area contributed by atoms with E-state index in [1.165, 1.54) is 0 Å². The second-order valence-corrected chi connectivity index (χ2v) is 6.60. The Morgan fingerprint density at radius 2 is 2.13 bits per heavy atom. The molecule has 6 heteroatoms. The summed E-state index contributed by atoms with van der Waals surface area (Å²) in [4.78, 5) is 17.1. The van der Waals surface area contributed by atoms with Gasteiger partial charge in [0.1, 0.15) is 0 Å². The van der Waals surface area contributed by atoms with Gasteiger partial charge < -0.3 is 14.2 Å². The Kier molecular flexibility index (Phi) is 5.33. The van der Waals surface area contributed by atoms with Gasteiger partial charge in [0.05, 0.1) is 24.3 Å². The third-order valence-corrected chi connectivity index (χ3v) is 4.90. The lowest BCUT2D eigenvalue weighted by Gasteiger charge is -2.38. The highest BCUT2D eigenvalue weighted by Crippen LogP contribution is 2.25. The first-order valence-corrected chi connectivity index (χ1v) is 8.72. The number of piperazine rings is 1. The number of carbonyl (C=O) groups is 1. The van der Waals surface area contributed by atoms with Crippen molar-refractivity contribution >= 4 is 5.91 Å². The molecular weight excluding hydrogens is 294 g/mol. The summed E-state index contributed by atoms with van der Waals surface area (Å²) >= 11 is 0. The van der Waals surface area contributed by atoms with E-state index in [1.54, 1.807) is 0 Å². The molecule has 2 fully saturated rings. The molecule has 3 rings (SSSR count). The van der Waals surface area contributed by atoms with Crippen molar-refractivity contribution in [2.24, 2.45) is 5.92 Å². The third-order valence-electron chi connectivity index (χ3n) is 4.90. The summed E-state index contributed by atoms with van der Waals surface area (Å²) in [5.41, 5.74) is 0.914. The van der Waals surface area contributed by atoms with Crippen molar-refractivity contribution in [2.75, 3.05) is 32.8 Å². The van der Waals surface area contributed by atoms with Crippen LogP contribution in [-0.2, 0) is 16.1 Å². The van der Waals surface area contributed by atoms with Gasteiger partial charge in [-0.1, -0.05) is 12.1 Å².